The van der Waals surface area contributed by atoms with E-state index in [0.717, 1.165) is 41.5 Å². The average molecular weight is 434 g/mol. The number of hydrogen-bond acceptors (Lipinski definition) is 6. The van der Waals surface area contributed by atoms with Crippen LogP contribution in [-0.2, 0) is 22.5 Å². The molecule has 1 amide bonds. The van der Waals surface area contributed by atoms with Gasteiger partial charge in [0.1, 0.15) is 5.01 Å². The SMILES string of the molecule is O=C1O[C@@H](C(=O)N2CCN(Cc3csc(-c4ccccc4)n3)CC2)Cc2ccccc21. The highest BCUT2D eigenvalue weighted by molar-refractivity contribution is 7.13. The summed E-state index contributed by atoms with van der Waals surface area (Å²) < 4.78 is 5.44. The highest BCUT2D eigenvalue weighted by Gasteiger charge is 2.34. The van der Waals surface area contributed by atoms with Crippen LogP contribution < -0.4 is 0 Å². The number of benzene rings is 2. The second kappa shape index (κ2) is 8.61. The smallest absolute Gasteiger partial charge is 0.339 e. The fourth-order valence-corrected chi connectivity index (χ4v) is 4.94. The highest BCUT2D eigenvalue weighted by atomic mass is 32.1. The Bertz CT molecular complexity index is 1090. The second-order valence-corrected chi connectivity index (χ2v) is 8.72. The van der Waals surface area contributed by atoms with E-state index in [9.17, 15) is 9.59 Å². The molecule has 1 aromatic heterocycles. The molecule has 0 bridgehead atoms. The van der Waals surface area contributed by atoms with Gasteiger partial charge in [-0.1, -0.05) is 48.5 Å². The van der Waals surface area contributed by atoms with Crippen LogP contribution >= 0.6 is 11.3 Å². The molecule has 6 nitrogen and oxygen atoms in total. The number of hydrogen-bond donors (Lipinski definition) is 0. The van der Waals surface area contributed by atoms with Gasteiger partial charge in [0.25, 0.3) is 5.91 Å². The third-order valence-corrected chi connectivity index (χ3v) is 6.75. The number of ether oxygens (including phenoxy) is 1. The molecule has 7 heteroatoms. The third kappa shape index (κ3) is 4.24. The second-order valence-electron chi connectivity index (χ2n) is 7.87. The lowest BCUT2D eigenvalue weighted by molar-refractivity contribution is -0.142. The summed E-state index contributed by atoms with van der Waals surface area (Å²) in [7, 11) is 0. The number of carbonyl (C=O) groups is 2. The van der Waals surface area contributed by atoms with E-state index in [1.54, 1.807) is 17.4 Å². The quantitative estimate of drug-likeness (QED) is 0.591. The average Bonchev–Trinajstić information content (AvgIpc) is 3.28. The Labute approximate surface area is 185 Å². The number of esters is 1. The van der Waals surface area contributed by atoms with Crippen molar-refractivity contribution in [2.75, 3.05) is 26.2 Å². The first-order valence-corrected chi connectivity index (χ1v) is 11.4. The molecule has 0 N–H and O–H groups in total. The molecule has 3 aromatic rings. The van der Waals surface area contributed by atoms with Gasteiger partial charge in [-0.05, 0) is 11.6 Å². The van der Waals surface area contributed by atoms with Crippen LogP contribution in [0.15, 0.2) is 60.0 Å². The van der Waals surface area contributed by atoms with Crippen molar-refractivity contribution in [3.63, 3.8) is 0 Å². The van der Waals surface area contributed by atoms with Crippen molar-refractivity contribution in [1.82, 2.24) is 14.8 Å². The van der Waals surface area contributed by atoms with Crippen molar-refractivity contribution in [2.45, 2.75) is 19.1 Å². The Hall–Kier alpha value is -3.03. The summed E-state index contributed by atoms with van der Waals surface area (Å²) in [6, 6.07) is 17.5. The predicted octanol–water partition coefficient (Wildman–Crippen LogP) is 3.24. The summed E-state index contributed by atoms with van der Waals surface area (Å²) in [5.41, 5.74) is 3.64. The first-order chi connectivity index (χ1) is 15.2. The molecule has 1 fully saturated rings. The molecule has 1 atom stereocenters. The first-order valence-electron chi connectivity index (χ1n) is 10.5. The lowest BCUT2D eigenvalue weighted by Gasteiger charge is -2.36. The van der Waals surface area contributed by atoms with Gasteiger partial charge in [0.2, 0.25) is 0 Å². The lowest BCUT2D eigenvalue weighted by atomic mass is 9.98. The van der Waals surface area contributed by atoms with E-state index in [-0.39, 0.29) is 5.91 Å². The molecular formula is C24H23N3O3S. The van der Waals surface area contributed by atoms with Gasteiger partial charge in [-0.3, -0.25) is 9.69 Å². The largest absolute Gasteiger partial charge is 0.448 e. The van der Waals surface area contributed by atoms with E-state index in [0.29, 0.717) is 25.1 Å². The Morgan fingerprint density at radius 1 is 1.03 bits per heavy atom. The Kier molecular flexibility index (Phi) is 5.53. The van der Waals surface area contributed by atoms with Crippen LogP contribution in [0.3, 0.4) is 0 Å². The minimum absolute atomic E-state index is 0.0949. The van der Waals surface area contributed by atoms with Crippen LogP contribution in [-0.4, -0.2) is 58.9 Å². The van der Waals surface area contributed by atoms with E-state index in [1.807, 2.05) is 41.3 Å². The molecule has 158 valence electrons. The number of carbonyl (C=O) groups excluding carboxylic acids is 2. The number of thiazole rings is 1. The number of rotatable bonds is 4. The number of cyclic esters (lactones) is 1. The fourth-order valence-electron chi connectivity index (χ4n) is 4.12. The van der Waals surface area contributed by atoms with E-state index >= 15 is 0 Å². The molecular weight excluding hydrogens is 410 g/mol. The van der Waals surface area contributed by atoms with Gasteiger partial charge < -0.3 is 9.64 Å². The van der Waals surface area contributed by atoms with Gasteiger partial charge in [-0.15, -0.1) is 11.3 Å². The van der Waals surface area contributed by atoms with Crippen molar-refractivity contribution >= 4 is 23.2 Å². The monoisotopic (exact) mass is 433 g/mol. The minimum atomic E-state index is -0.721. The molecule has 0 saturated carbocycles. The maximum absolute atomic E-state index is 13.0. The molecule has 2 aromatic carbocycles. The third-order valence-electron chi connectivity index (χ3n) is 5.81. The number of piperazine rings is 1. The van der Waals surface area contributed by atoms with Crippen LogP contribution in [0, 0.1) is 0 Å². The van der Waals surface area contributed by atoms with Crippen molar-refractivity contribution in [3.8, 4) is 10.6 Å². The van der Waals surface area contributed by atoms with Gasteiger partial charge in [0.15, 0.2) is 6.10 Å². The maximum Gasteiger partial charge on any atom is 0.339 e. The number of nitrogens with zero attached hydrogens (tertiary/aromatic N) is 3. The molecule has 5 rings (SSSR count). The van der Waals surface area contributed by atoms with E-state index in [4.69, 9.17) is 9.72 Å². The van der Waals surface area contributed by atoms with Gasteiger partial charge in [-0.2, -0.15) is 0 Å². The Balaban J connectivity index is 1.16. The van der Waals surface area contributed by atoms with Crippen molar-refractivity contribution < 1.29 is 14.3 Å². The van der Waals surface area contributed by atoms with E-state index in [1.165, 1.54) is 0 Å². The summed E-state index contributed by atoms with van der Waals surface area (Å²) in [6.07, 6.45) is -0.275. The summed E-state index contributed by atoms with van der Waals surface area (Å²) in [6.45, 7) is 3.59. The molecule has 31 heavy (non-hydrogen) atoms. The zero-order valence-electron chi connectivity index (χ0n) is 17.1. The summed E-state index contributed by atoms with van der Waals surface area (Å²) in [5.74, 6) is -0.501. The van der Waals surface area contributed by atoms with Gasteiger partial charge in [-0.25, -0.2) is 9.78 Å². The maximum atomic E-state index is 13.0. The van der Waals surface area contributed by atoms with Crippen molar-refractivity contribution in [2.24, 2.45) is 0 Å². The Morgan fingerprint density at radius 2 is 1.77 bits per heavy atom. The predicted molar refractivity (Wildman–Crippen MR) is 119 cm³/mol. The molecule has 0 unspecified atom stereocenters. The summed E-state index contributed by atoms with van der Waals surface area (Å²) in [5, 5.41) is 3.14. The van der Waals surface area contributed by atoms with Gasteiger partial charge in [0, 0.05) is 50.1 Å². The molecule has 0 spiro atoms. The topological polar surface area (TPSA) is 62.7 Å². The summed E-state index contributed by atoms with van der Waals surface area (Å²) >= 11 is 1.66. The fraction of sp³-hybridized carbons (Fsp3) is 0.292. The van der Waals surface area contributed by atoms with Crippen molar-refractivity contribution in [1.29, 1.82) is 0 Å². The zero-order chi connectivity index (χ0) is 21.2. The number of amides is 1. The molecule has 0 aliphatic carbocycles. The highest BCUT2D eigenvalue weighted by Crippen LogP contribution is 2.25. The zero-order valence-corrected chi connectivity index (χ0v) is 17.9. The van der Waals surface area contributed by atoms with Gasteiger partial charge in [0.05, 0.1) is 11.3 Å². The standard InChI is InChI=1S/C24H23N3O3S/c28-23(21-14-18-8-4-5-9-20(18)24(29)30-21)27-12-10-26(11-13-27)15-19-16-31-22(25-19)17-6-2-1-3-7-17/h1-9,16,21H,10-15H2/t21-/m1/s1. The molecule has 3 heterocycles. The normalized spacial score (nSPS) is 19.0. The molecule has 1 saturated heterocycles. The number of fused-ring (bicyclic) bond motifs is 1. The van der Waals surface area contributed by atoms with Crippen LogP contribution in [0.2, 0.25) is 0 Å². The van der Waals surface area contributed by atoms with Gasteiger partial charge >= 0.3 is 5.97 Å². The molecule has 2 aliphatic rings. The molecule has 2 aliphatic heterocycles. The molecule has 0 radical (unpaired) electrons. The van der Waals surface area contributed by atoms with E-state index in [2.05, 4.69) is 22.4 Å². The van der Waals surface area contributed by atoms with Crippen LogP contribution in [0.25, 0.3) is 10.6 Å². The lowest BCUT2D eigenvalue weighted by Crippen LogP contribution is -2.52. The Morgan fingerprint density at radius 3 is 2.58 bits per heavy atom. The number of aromatic nitrogens is 1. The minimum Gasteiger partial charge on any atom is -0.448 e. The summed E-state index contributed by atoms with van der Waals surface area (Å²) in [4.78, 5) is 34.1. The van der Waals surface area contributed by atoms with Crippen LogP contribution in [0.5, 0.6) is 0 Å². The van der Waals surface area contributed by atoms with E-state index < -0.39 is 12.1 Å². The van der Waals surface area contributed by atoms with Crippen LogP contribution in [0.4, 0.5) is 0 Å². The first kappa shape index (κ1) is 19.9. The van der Waals surface area contributed by atoms with Crippen LogP contribution in [0.1, 0.15) is 21.6 Å². The van der Waals surface area contributed by atoms with Crippen molar-refractivity contribution in [3.05, 3.63) is 76.8 Å².